The van der Waals surface area contributed by atoms with Gasteiger partial charge in [0.25, 0.3) is 0 Å². The maximum Gasteiger partial charge on any atom is 0.138 e. The van der Waals surface area contributed by atoms with Crippen LogP contribution in [0.3, 0.4) is 0 Å². The normalized spacial score (nSPS) is 12.7. The van der Waals surface area contributed by atoms with Crippen LogP contribution in [-0.2, 0) is 0 Å². The Bertz CT molecular complexity index is 405. The van der Waals surface area contributed by atoms with E-state index in [1.54, 1.807) is 11.0 Å². The third kappa shape index (κ3) is 2.05. The van der Waals surface area contributed by atoms with Gasteiger partial charge in [0.05, 0.1) is 5.69 Å². The van der Waals surface area contributed by atoms with Crippen molar-refractivity contribution in [2.45, 2.75) is 13.0 Å². The molecule has 15 heavy (non-hydrogen) atoms. The Morgan fingerprint density at radius 1 is 1.27 bits per heavy atom. The van der Waals surface area contributed by atoms with E-state index >= 15 is 0 Å². The van der Waals surface area contributed by atoms with Gasteiger partial charge in [-0.1, -0.05) is 12.1 Å². The number of hydrogen-bond donors (Lipinski definition) is 1. The summed E-state index contributed by atoms with van der Waals surface area (Å²) >= 11 is 0. The molecule has 0 bridgehead atoms. The molecule has 2 rings (SSSR count). The highest BCUT2D eigenvalue weighted by molar-refractivity contribution is 5.34. The van der Waals surface area contributed by atoms with Gasteiger partial charge in [0.15, 0.2) is 0 Å². The van der Waals surface area contributed by atoms with Crippen LogP contribution in [0, 0.1) is 0 Å². The molecule has 0 fully saturated rings. The zero-order valence-corrected chi connectivity index (χ0v) is 8.88. The van der Waals surface area contributed by atoms with E-state index in [2.05, 4.69) is 34.5 Å². The second kappa shape index (κ2) is 4.23. The molecule has 0 saturated heterocycles. The molecule has 1 heterocycles. The molecule has 0 saturated carbocycles. The molecule has 0 amide bonds. The van der Waals surface area contributed by atoms with Crippen molar-refractivity contribution in [1.82, 2.24) is 20.1 Å². The Labute approximate surface area is 89.0 Å². The highest BCUT2D eigenvalue weighted by Crippen LogP contribution is 2.14. The van der Waals surface area contributed by atoms with Gasteiger partial charge in [-0.25, -0.2) is 9.67 Å². The van der Waals surface area contributed by atoms with Crippen LogP contribution in [0.4, 0.5) is 0 Å². The molecule has 1 N–H and O–H groups in total. The molecule has 0 radical (unpaired) electrons. The summed E-state index contributed by atoms with van der Waals surface area (Å²) in [7, 11) is 1.95. The maximum atomic E-state index is 4.07. The summed E-state index contributed by atoms with van der Waals surface area (Å²) in [5.41, 5.74) is 2.29. The van der Waals surface area contributed by atoms with Crippen molar-refractivity contribution in [2.24, 2.45) is 0 Å². The van der Waals surface area contributed by atoms with Crippen LogP contribution in [0.1, 0.15) is 18.5 Å². The Morgan fingerprint density at radius 2 is 2.00 bits per heavy atom. The van der Waals surface area contributed by atoms with Crippen LogP contribution in [-0.4, -0.2) is 21.8 Å². The highest BCUT2D eigenvalue weighted by Gasteiger charge is 2.02. The van der Waals surface area contributed by atoms with Gasteiger partial charge >= 0.3 is 0 Å². The van der Waals surface area contributed by atoms with Crippen molar-refractivity contribution >= 4 is 0 Å². The zero-order valence-electron chi connectivity index (χ0n) is 8.88. The van der Waals surface area contributed by atoms with E-state index in [4.69, 9.17) is 0 Å². The first kappa shape index (κ1) is 9.86. The van der Waals surface area contributed by atoms with E-state index in [1.807, 2.05) is 19.2 Å². The Morgan fingerprint density at radius 3 is 2.53 bits per heavy atom. The van der Waals surface area contributed by atoms with Crippen LogP contribution in [0.25, 0.3) is 5.69 Å². The molecule has 0 spiro atoms. The average molecular weight is 202 g/mol. The molecular formula is C11H14N4. The van der Waals surface area contributed by atoms with Crippen LogP contribution >= 0.6 is 0 Å². The lowest BCUT2D eigenvalue weighted by Crippen LogP contribution is -2.12. The van der Waals surface area contributed by atoms with Crippen molar-refractivity contribution in [2.75, 3.05) is 7.05 Å². The first-order chi connectivity index (χ1) is 7.31. The topological polar surface area (TPSA) is 42.7 Å². The van der Waals surface area contributed by atoms with Gasteiger partial charge in [-0.15, -0.1) is 0 Å². The third-order valence-corrected chi connectivity index (χ3v) is 2.51. The lowest BCUT2D eigenvalue weighted by atomic mass is 10.1. The number of nitrogens with one attached hydrogen (secondary N) is 1. The first-order valence-corrected chi connectivity index (χ1v) is 4.93. The Balaban J connectivity index is 2.25. The van der Waals surface area contributed by atoms with Crippen molar-refractivity contribution < 1.29 is 0 Å². The van der Waals surface area contributed by atoms with E-state index in [0.717, 1.165) is 5.69 Å². The molecule has 0 aliphatic heterocycles. The lowest BCUT2D eigenvalue weighted by Gasteiger charge is -2.10. The fourth-order valence-corrected chi connectivity index (χ4v) is 1.42. The molecule has 1 aromatic heterocycles. The summed E-state index contributed by atoms with van der Waals surface area (Å²) in [4.78, 5) is 3.91. The van der Waals surface area contributed by atoms with Gasteiger partial charge in [0.2, 0.25) is 0 Å². The summed E-state index contributed by atoms with van der Waals surface area (Å²) < 4.78 is 1.74. The predicted molar refractivity (Wildman–Crippen MR) is 58.8 cm³/mol. The maximum absolute atomic E-state index is 4.07. The summed E-state index contributed by atoms with van der Waals surface area (Å²) in [6.07, 6.45) is 3.22. The van der Waals surface area contributed by atoms with Gasteiger partial charge in [-0.2, -0.15) is 5.10 Å². The Kier molecular flexibility index (Phi) is 2.78. The molecule has 1 aromatic carbocycles. The molecule has 1 unspecified atom stereocenters. The molecule has 1 atom stereocenters. The summed E-state index contributed by atoms with van der Waals surface area (Å²) in [6, 6.07) is 8.64. The monoisotopic (exact) mass is 202 g/mol. The van der Waals surface area contributed by atoms with Gasteiger partial charge < -0.3 is 5.32 Å². The smallest absolute Gasteiger partial charge is 0.138 e. The van der Waals surface area contributed by atoms with E-state index < -0.39 is 0 Å². The van der Waals surface area contributed by atoms with Crippen molar-refractivity contribution in [3.8, 4) is 5.69 Å². The van der Waals surface area contributed by atoms with Crippen LogP contribution < -0.4 is 5.32 Å². The number of rotatable bonds is 3. The van der Waals surface area contributed by atoms with Gasteiger partial charge in [0, 0.05) is 6.04 Å². The van der Waals surface area contributed by atoms with E-state index in [0.29, 0.717) is 6.04 Å². The minimum Gasteiger partial charge on any atom is -0.313 e. The number of aromatic nitrogens is 3. The lowest BCUT2D eigenvalue weighted by molar-refractivity contribution is 0.652. The quantitative estimate of drug-likeness (QED) is 0.821. The zero-order chi connectivity index (χ0) is 10.7. The van der Waals surface area contributed by atoms with Gasteiger partial charge in [0.1, 0.15) is 12.7 Å². The van der Waals surface area contributed by atoms with Crippen LogP contribution in [0.5, 0.6) is 0 Å². The SMILES string of the molecule is CNC(C)c1ccc(-n2cncn2)cc1. The molecule has 0 aliphatic rings. The molecule has 4 heteroatoms. The van der Waals surface area contributed by atoms with E-state index in [-0.39, 0.29) is 0 Å². The average Bonchev–Trinajstić information content (AvgIpc) is 2.82. The summed E-state index contributed by atoms with van der Waals surface area (Å²) in [5.74, 6) is 0. The minimum atomic E-state index is 0.370. The van der Waals surface area contributed by atoms with Crippen molar-refractivity contribution in [3.63, 3.8) is 0 Å². The second-order valence-corrected chi connectivity index (χ2v) is 3.44. The van der Waals surface area contributed by atoms with Crippen LogP contribution in [0.15, 0.2) is 36.9 Å². The molecule has 2 aromatic rings. The molecule has 4 nitrogen and oxygen atoms in total. The van der Waals surface area contributed by atoms with Gasteiger partial charge in [-0.05, 0) is 31.7 Å². The van der Waals surface area contributed by atoms with Gasteiger partial charge in [-0.3, -0.25) is 0 Å². The van der Waals surface area contributed by atoms with E-state index in [9.17, 15) is 0 Å². The van der Waals surface area contributed by atoms with Crippen molar-refractivity contribution in [3.05, 3.63) is 42.5 Å². The summed E-state index contributed by atoms with van der Waals surface area (Å²) in [5, 5.41) is 7.27. The van der Waals surface area contributed by atoms with Crippen molar-refractivity contribution in [1.29, 1.82) is 0 Å². The minimum absolute atomic E-state index is 0.370. The third-order valence-electron chi connectivity index (χ3n) is 2.51. The number of nitrogens with zero attached hydrogens (tertiary/aromatic N) is 3. The predicted octanol–water partition coefficient (Wildman–Crippen LogP) is 1.55. The van der Waals surface area contributed by atoms with Crippen LogP contribution in [0.2, 0.25) is 0 Å². The molecular weight excluding hydrogens is 188 g/mol. The number of hydrogen-bond acceptors (Lipinski definition) is 3. The second-order valence-electron chi connectivity index (χ2n) is 3.44. The molecule has 0 aliphatic carbocycles. The summed E-state index contributed by atoms with van der Waals surface area (Å²) in [6.45, 7) is 2.13. The van der Waals surface area contributed by atoms with E-state index in [1.165, 1.54) is 11.9 Å². The molecule has 78 valence electrons. The highest BCUT2D eigenvalue weighted by atomic mass is 15.3. The first-order valence-electron chi connectivity index (χ1n) is 4.93. The Hall–Kier alpha value is -1.68. The standard InChI is InChI=1S/C11H14N4/c1-9(12-2)10-3-5-11(6-4-10)15-8-13-7-14-15/h3-9,12H,1-2H3. The largest absolute Gasteiger partial charge is 0.313 e. The fraction of sp³-hybridized carbons (Fsp3) is 0.273. The number of benzene rings is 1. The fourth-order valence-electron chi connectivity index (χ4n) is 1.42.